The van der Waals surface area contributed by atoms with Gasteiger partial charge in [-0.25, -0.2) is 4.39 Å². The molecule has 3 heteroatoms. The summed E-state index contributed by atoms with van der Waals surface area (Å²) >= 11 is 0. The van der Waals surface area contributed by atoms with Crippen molar-refractivity contribution in [3.8, 4) is 11.8 Å². The molecule has 0 aliphatic heterocycles. The van der Waals surface area contributed by atoms with Crippen LogP contribution < -0.4 is 4.74 Å². The second-order valence-electron chi connectivity index (χ2n) is 3.90. The van der Waals surface area contributed by atoms with Crippen LogP contribution in [0, 0.1) is 17.1 Å². The lowest BCUT2D eigenvalue weighted by Gasteiger charge is -2.07. The molecule has 18 heavy (non-hydrogen) atoms. The van der Waals surface area contributed by atoms with Crippen molar-refractivity contribution in [2.45, 2.75) is 13.0 Å². The maximum absolute atomic E-state index is 12.7. The molecule has 2 aromatic rings. The first-order chi connectivity index (χ1) is 8.78. The van der Waals surface area contributed by atoms with Crippen molar-refractivity contribution in [1.82, 2.24) is 0 Å². The van der Waals surface area contributed by atoms with Gasteiger partial charge in [0.15, 0.2) is 0 Å². The molecule has 0 fully saturated rings. The van der Waals surface area contributed by atoms with E-state index < -0.39 is 0 Å². The lowest BCUT2D eigenvalue weighted by atomic mass is 10.1. The van der Waals surface area contributed by atoms with E-state index in [0.29, 0.717) is 18.8 Å². The Hall–Kier alpha value is -2.34. The molecule has 0 amide bonds. The zero-order valence-corrected chi connectivity index (χ0v) is 9.77. The predicted octanol–water partition coefficient (Wildman–Crippen LogP) is 3.47. The molecule has 0 aromatic heterocycles. The zero-order valence-electron chi connectivity index (χ0n) is 9.77. The molecule has 0 atom stereocenters. The topological polar surface area (TPSA) is 33.0 Å². The molecule has 0 spiro atoms. The average molecular weight is 241 g/mol. The number of nitriles is 1. The molecule has 0 N–H and O–H groups in total. The van der Waals surface area contributed by atoms with Gasteiger partial charge in [0.1, 0.15) is 18.2 Å². The van der Waals surface area contributed by atoms with Gasteiger partial charge < -0.3 is 4.74 Å². The summed E-state index contributed by atoms with van der Waals surface area (Å²) in [6, 6.07) is 15.7. The summed E-state index contributed by atoms with van der Waals surface area (Å²) in [7, 11) is 0. The van der Waals surface area contributed by atoms with Crippen LogP contribution in [0.1, 0.15) is 11.1 Å². The molecule has 0 saturated carbocycles. The first kappa shape index (κ1) is 12.1. The Balaban J connectivity index is 1.99. The standard InChI is InChI=1S/C15H12FNO/c16-14-6-4-13(5-7-14)11-18-15-3-1-2-12(10-15)8-9-17/h1-7,10H,8,11H2. The van der Waals surface area contributed by atoms with Crippen molar-refractivity contribution in [3.63, 3.8) is 0 Å². The third kappa shape index (κ3) is 3.33. The number of nitrogens with zero attached hydrogens (tertiary/aromatic N) is 1. The van der Waals surface area contributed by atoms with Crippen LogP contribution in [0.15, 0.2) is 48.5 Å². The first-order valence-electron chi connectivity index (χ1n) is 5.61. The predicted molar refractivity (Wildman–Crippen MR) is 66.5 cm³/mol. The van der Waals surface area contributed by atoms with Gasteiger partial charge in [-0.3, -0.25) is 0 Å². The molecule has 2 rings (SSSR count). The number of hydrogen-bond acceptors (Lipinski definition) is 2. The van der Waals surface area contributed by atoms with Gasteiger partial charge in [-0.05, 0) is 35.4 Å². The van der Waals surface area contributed by atoms with Crippen molar-refractivity contribution in [2.75, 3.05) is 0 Å². The highest BCUT2D eigenvalue weighted by molar-refractivity contribution is 5.30. The molecular weight excluding hydrogens is 229 g/mol. The molecular formula is C15H12FNO. The smallest absolute Gasteiger partial charge is 0.123 e. The molecule has 0 bridgehead atoms. The highest BCUT2D eigenvalue weighted by Gasteiger charge is 1.98. The molecule has 0 heterocycles. The van der Waals surface area contributed by atoms with Gasteiger partial charge >= 0.3 is 0 Å². The minimum Gasteiger partial charge on any atom is -0.489 e. The number of halogens is 1. The summed E-state index contributed by atoms with van der Waals surface area (Å²) in [4.78, 5) is 0. The highest BCUT2D eigenvalue weighted by atomic mass is 19.1. The van der Waals surface area contributed by atoms with Crippen LogP contribution in [0.25, 0.3) is 0 Å². The van der Waals surface area contributed by atoms with Gasteiger partial charge in [0.05, 0.1) is 12.5 Å². The summed E-state index contributed by atoms with van der Waals surface area (Å²) in [6.07, 6.45) is 0.369. The SMILES string of the molecule is N#CCc1cccc(OCc2ccc(F)cc2)c1. The number of ether oxygens (including phenoxy) is 1. The molecule has 0 radical (unpaired) electrons. The second-order valence-corrected chi connectivity index (χ2v) is 3.90. The van der Waals surface area contributed by atoms with E-state index in [-0.39, 0.29) is 5.82 Å². The fourth-order valence-electron chi connectivity index (χ4n) is 1.58. The normalized spacial score (nSPS) is 9.78. The fraction of sp³-hybridized carbons (Fsp3) is 0.133. The van der Waals surface area contributed by atoms with Crippen LogP contribution in [0.5, 0.6) is 5.75 Å². The fourth-order valence-corrected chi connectivity index (χ4v) is 1.58. The van der Waals surface area contributed by atoms with Gasteiger partial charge in [0.25, 0.3) is 0 Å². The lowest BCUT2D eigenvalue weighted by Crippen LogP contribution is -1.96. The summed E-state index contributed by atoms with van der Waals surface area (Å²) in [5.74, 6) is 0.460. The van der Waals surface area contributed by atoms with E-state index in [1.54, 1.807) is 12.1 Å². The lowest BCUT2D eigenvalue weighted by molar-refractivity contribution is 0.306. The molecule has 0 saturated heterocycles. The molecule has 2 nitrogen and oxygen atoms in total. The van der Waals surface area contributed by atoms with E-state index in [4.69, 9.17) is 10.00 Å². The molecule has 0 aliphatic rings. The van der Waals surface area contributed by atoms with Crippen LogP contribution in [0.4, 0.5) is 4.39 Å². The Morgan fingerprint density at radius 1 is 1.06 bits per heavy atom. The summed E-state index contributed by atoms with van der Waals surface area (Å²) in [5, 5.41) is 8.62. The summed E-state index contributed by atoms with van der Waals surface area (Å²) in [5.41, 5.74) is 1.83. The van der Waals surface area contributed by atoms with Crippen molar-refractivity contribution in [1.29, 1.82) is 5.26 Å². The summed E-state index contributed by atoms with van der Waals surface area (Å²) < 4.78 is 18.3. The maximum Gasteiger partial charge on any atom is 0.123 e. The van der Waals surface area contributed by atoms with Crippen molar-refractivity contribution in [3.05, 3.63) is 65.5 Å². The zero-order chi connectivity index (χ0) is 12.8. The highest BCUT2D eigenvalue weighted by Crippen LogP contribution is 2.15. The van der Waals surface area contributed by atoms with Crippen molar-refractivity contribution in [2.24, 2.45) is 0 Å². The number of hydrogen-bond donors (Lipinski definition) is 0. The van der Waals surface area contributed by atoms with E-state index in [0.717, 1.165) is 11.1 Å². The van der Waals surface area contributed by atoms with Crippen molar-refractivity contribution < 1.29 is 9.13 Å². The van der Waals surface area contributed by atoms with Gasteiger partial charge in [-0.1, -0.05) is 24.3 Å². The number of benzene rings is 2. The Morgan fingerprint density at radius 2 is 1.83 bits per heavy atom. The van der Waals surface area contributed by atoms with Crippen LogP contribution in [-0.2, 0) is 13.0 Å². The van der Waals surface area contributed by atoms with Gasteiger partial charge in [0, 0.05) is 0 Å². The molecule has 2 aromatic carbocycles. The van der Waals surface area contributed by atoms with Gasteiger partial charge in [-0.15, -0.1) is 0 Å². The minimum atomic E-state index is -0.255. The van der Waals surface area contributed by atoms with Crippen LogP contribution >= 0.6 is 0 Å². The minimum absolute atomic E-state index is 0.255. The van der Waals surface area contributed by atoms with Crippen molar-refractivity contribution >= 4 is 0 Å². The third-order valence-electron chi connectivity index (χ3n) is 2.50. The van der Waals surface area contributed by atoms with E-state index in [1.807, 2.05) is 24.3 Å². The quantitative estimate of drug-likeness (QED) is 0.821. The Bertz CT molecular complexity index is 557. The van der Waals surface area contributed by atoms with Gasteiger partial charge in [-0.2, -0.15) is 5.26 Å². The van der Waals surface area contributed by atoms with Crippen LogP contribution in [-0.4, -0.2) is 0 Å². The Labute approximate surface area is 105 Å². The van der Waals surface area contributed by atoms with Gasteiger partial charge in [0.2, 0.25) is 0 Å². The Kier molecular flexibility index (Phi) is 3.93. The van der Waals surface area contributed by atoms with E-state index >= 15 is 0 Å². The third-order valence-corrected chi connectivity index (χ3v) is 2.50. The average Bonchev–Trinajstić information content (AvgIpc) is 2.39. The second kappa shape index (κ2) is 5.83. The van der Waals surface area contributed by atoms with E-state index in [9.17, 15) is 4.39 Å². The van der Waals surface area contributed by atoms with Crippen LogP contribution in [0.2, 0.25) is 0 Å². The maximum atomic E-state index is 12.7. The van der Waals surface area contributed by atoms with Crippen LogP contribution in [0.3, 0.4) is 0 Å². The first-order valence-corrected chi connectivity index (χ1v) is 5.61. The molecule has 0 unspecified atom stereocenters. The summed E-state index contributed by atoms with van der Waals surface area (Å²) in [6.45, 7) is 0.385. The van der Waals surface area contributed by atoms with E-state index in [2.05, 4.69) is 6.07 Å². The number of rotatable bonds is 4. The van der Waals surface area contributed by atoms with E-state index in [1.165, 1.54) is 12.1 Å². The Morgan fingerprint density at radius 3 is 2.56 bits per heavy atom. The molecule has 0 aliphatic carbocycles. The monoisotopic (exact) mass is 241 g/mol. The molecule has 90 valence electrons. The largest absolute Gasteiger partial charge is 0.489 e.